The highest BCUT2D eigenvalue weighted by Gasteiger charge is 2.33. The van der Waals surface area contributed by atoms with Crippen LogP contribution in [0.15, 0.2) is 48.8 Å². The van der Waals surface area contributed by atoms with Crippen LogP contribution in [0, 0.1) is 0 Å². The molecule has 0 spiro atoms. The Labute approximate surface area is 157 Å². The number of hydrogen-bond acceptors (Lipinski definition) is 1. The molecule has 25 heavy (non-hydrogen) atoms. The Morgan fingerprint density at radius 1 is 1.00 bits per heavy atom. The summed E-state index contributed by atoms with van der Waals surface area (Å²) in [6, 6.07) is 13.5. The third kappa shape index (κ3) is 2.85. The predicted molar refractivity (Wildman–Crippen MR) is 105 cm³/mol. The number of halogens is 1. The predicted octanol–water partition coefficient (Wildman–Crippen LogP) is 0.612. The summed E-state index contributed by atoms with van der Waals surface area (Å²) in [5.41, 5.74) is 8.54. The van der Waals surface area contributed by atoms with E-state index in [0.717, 1.165) is 6.42 Å². The maximum atomic E-state index is 2.46. The van der Waals surface area contributed by atoms with Crippen LogP contribution in [-0.4, -0.2) is 22.2 Å². The van der Waals surface area contributed by atoms with Gasteiger partial charge in [0.05, 0.1) is 8.07 Å². The molecule has 1 aliphatic rings. The number of aromatic nitrogens is 1. The average molecular weight is 369 g/mol. The van der Waals surface area contributed by atoms with Crippen molar-refractivity contribution in [3.05, 3.63) is 59.9 Å². The van der Waals surface area contributed by atoms with Gasteiger partial charge >= 0.3 is 0 Å². The van der Waals surface area contributed by atoms with E-state index in [2.05, 4.69) is 91.8 Å². The number of pyridine rings is 2. The van der Waals surface area contributed by atoms with Crippen molar-refractivity contribution in [2.24, 2.45) is 0 Å². The van der Waals surface area contributed by atoms with Gasteiger partial charge in [0.15, 0.2) is 12.4 Å². The highest BCUT2D eigenvalue weighted by atomic mass is 35.5. The Bertz CT molecular complexity index is 958. The third-order valence-electron chi connectivity index (χ3n) is 5.02. The van der Waals surface area contributed by atoms with Gasteiger partial charge in [0.1, 0.15) is 0 Å². The minimum absolute atomic E-state index is 0. The van der Waals surface area contributed by atoms with Crippen molar-refractivity contribution >= 4 is 24.5 Å². The Hall–Kier alpha value is -1.84. The van der Waals surface area contributed by atoms with Crippen LogP contribution in [-0.2, 0) is 6.42 Å². The number of hydrogen-bond donors (Lipinski definition) is 0. The van der Waals surface area contributed by atoms with Crippen LogP contribution in [0.5, 0.6) is 0 Å². The largest absolute Gasteiger partial charge is 1.00 e. The summed E-state index contributed by atoms with van der Waals surface area (Å²) >= 11 is 0. The maximum Gasteiger partial charge on any atom is 0.212 e. The smallest absolute Gasteiger partial charge is 0.212 e. The molecule has 0 radical (unpaired) electrons. The van der Waals surface area contributed by atoms with Crippen LogP contribution >= 0.6 is 0 Å². The van der Waals surface area contributed by atoms with Crippen molar-refractivity contribution in [1.29, 1.82) is 0 Å². The zero-order valence-corrected chi connectivity index (χ0v) is 17.4. The minimum atomic E-state index is -1.52. The van der Waals surface area contributed by atoms with Crippen molar-refractivity contribution < 1.29 is 16.8 Å². The summed E-state index contributed by atoms with van der Waals surface area (Å²) in [6.45, 7) is 7.39. The molecule has 2 nitrogen and oxygen atoms in total. The molecule has 1 aliphatic carbocycles. The van der Waals surface area contributed by atoms with Gasteiger partial charge in [-0.15, -0.1) is 0 Å². The van der Waals surface area contributed by atoms with Crippen LogP contribution in [0.4, 0.5) is 5.69 Å². The van der Waals surface area contributed by atoms with Gasteiger partial charge in [-0.25, -0.2) is 0 Å². The Morgan fingerprint density at radius 2 is 1.72 bits per heavy atom. The van der Waals surface area contributed by atoms with Crippen LogP contribution in [0.3, 0.4) is 0 Å². The van der Waals surface area contributed by atoms with Crippen LogP contribution < -0.4 is 26.9 Å². The molecule has 4 heteroatoms. The van der Waals surface area contributed by atoms with Gasteiger partial charge in [0.25, 0.3) is 0 Å². The molecule has 0 atom stereocenters. The quantitative estimate of drug-likeness (QED) is 0.371. The van der Waals surface area contributed by atoms with Gasteiger partial charge in [0.2, 0.25) is 5.52 Å². The topological polar surface area (TPSA) is 7.34 Å². The van der Waals surface area contributed by atoms with Crippen molar-refractivity contribution in [2.45, 2.75) is 26.1 Å². The van der Waals surface area contributed by atoms with Crippen LogP contribution in [0.25, 0.3) is 16.6 Å². The molecule has 0 bridgehead atoms. The number of benzene rings is 1. The fourth-order valence-electron chi connectivity index (χ4n) is 3.94. The monoisotopic (exact) mass is 368 g/mol. The van der Waals surface area contributed by atoms with Gasteiger partial charge in [-0.2, -0.15) is 4.40 Å². The third-order valence-corrected chi connectivity index (χ3v) is 7.03. The normalized spacial score (nSPS) is 12.5. The first-order chi connectivity index (χ1) is 11.4. The SMILES string of the molecule is CN(C)c1cc[n+]2cc3c(c([Si](C)(C)C)c2c1)-c1ccccc1C3.[Cl-]. The number of anilines is 1. The molecular formula is C21H25ClN2Si. The first-order valence-electron chi connectivity index (χ1n) is 8.63. The molecule has 0 amide bonds. The number of fused-ring (bicyclic) bond motifs is 4. The van der Waals surface area contributed by atoms with E-state index in [0.29, 0.717) is 0 Å². The fourth-order valence-corrected chi connectivity index (χ4v) is 5.95. The van der Waals surface area contributed by atoms with Crippen LogP contribution in [0.1, 0.15) is 11.1 Å². The molecule has 4 rings (SSSR count). The van der Waals surface area contributed by atoms with Crippen molar-refractivity contribution in [3.63, 3.8) is 0 Å². The first kappa shape index (κ1) is 18.0. The summed E-state index contributed by atoms with van der Waals surface area (Å²) in [7, 11) is 2.71. The maximum absolute atomic E-state index is 2.46. The first-order valence-corrected chi connectivity index (χ1v) is 12.1. The summed E-state index contributed by atoms with van der Waals surface area (Å²) in [4.78, 5) is 2.19. The minimum Gasteiger partial charge on any atom is -1.00 e. The molecule has 0 unspecified atom stereocenters. The van der Waals surface area contributed by atoms with E-state index in [1.807, 2.05) is 0 Å². The lowest BCUT2D eigenvalue weighted by Crippen LogP contribution is -3.00. The molecule has 0 saturated heterocycles. The van der Waals surface area contributed by atoms with E-state index < -0.39 is 8.07 Å². The lowest BCUT2D eigenvalue weighted by molar-refractivity contribution is -0.511. The molecular weight excluding hydrogens is 344 g/mol. The van der Waals surface area contributed by atoms with E-state index in [4.69, 9.17) is 0 Å². The molecule has 0 saturated carbocycles. The molecule has 0 aliphatic heterocycles. The van der Waals surface area contributed by atoms with E-state index >= 15 is 0 Å². The standard InChI is InChI=1S/C21H25N2Si.ClH/c1-22(2)17-10-11-23-14-16-12-15-8-6-7-9-18(15)20(16)21(19(23)13-17)24(3,4)5;/h6-11,13-14H,12H2,1-5H3;1H/q+1;/p-1. The zero-order chi connectivity index (χ0) is 17.1. The summed E-state index contributed by atoms with van der Waals surface area (Å²) in [6.07, 6.45) is 5.62. The van der Waals surface area contributed by atoms with Crippen molar-refractivity contribution in [2.75, 3.05) is 19.0 Å². The summed E-state index contributed by atoms with van der Waals surface area (Å²) < 4.78 is 2.34. The van der Waals surface area contributed by atoms with Crippen molar-refractivity contribution in [3.8, 4) is 11.1 Å². The van der Waals surface area contributed by atoms with E-state index in [9.17, 15) is 0 Å². The highest BCUT2D eigenvalue weighted by Crippen LogP contribution is 2.36. The van der Waals surface area contributed by atoms with Gasteiger partial charge < -0.3 is 17.3 Å². The summed E-state index contributed by atoms with van der Waals surface area (Å²) in [5, 5.41) is 1.59. The molecule has 1 aromatic carbocycles. The molecule has 0 fully saturated rings. The molecule has 2 aromatic heterocycles. The zero-order valence-electron chi connectivity index (χ0n) is 15.6. The fraction of sp³-hybridized carbons (Fsp3) is 0.286. The second-order valence-corrected chi connectivity index (χ2v) is 13.1. The van der Waals surface area contributed by atoms with Crippen LogP contribution in [0.2, 0.25) is 19.6 Å². The second kappa shape index (κ2) is 6.15. The molecule has 3 aromatic rings. The Balaban J connectivity index is 0.00000182. The number of rotatable bonds is 2. The lowest BCUT2D eigenvalue weighted by Gasteiger charge is -2.21. The second-order valence-electron chi connectivity index (χ2n) is 8.06. The van der Waals surface area contributed by atoms with E-state index in [-0.39, 0.29) is 12.4 Å². The lowest BCUT2D eigenvalue weighted by atomic mass is 10.1. The Kier molecular flexibility index (Phi) is 4.42. The summed E-state index contributed by atoms with van der Waals surface area (Å²) in [5.74, 6) is 0. The molecule has 2 heterocycles. The Morgan fingerprint density at radius 3 is 2.40 bits per heavy atom. The van der Waals surface area contributed by atoms with Gasteiger partial charge in [-0.05, 0) is 16.7 Å². The van der Waals surface area contributed by atoms with Gasteiger partial charge in [0, 0.05) is 49.1 Å². The average Bonchev–Trinajstić information content (AvgIpc) is 2.88. The highest BCUT2D eigenvalue weighted by molar-refractivity contribution is 6.91. The molecule has 0 N–H and O–H groups in total. The van der Waals surface area contributed by atoms with Gasteiger partial charge in [-0.1, -0.05) is 43.9 Å². The van der Waals surface area contributed by atoms with E-state index in [1.165, 1.54) is 33.5 Å². The molecule has 130 valence electrons. The van der Waals surface area contributed by atoms with E-state index in [1.54, 1.807) is 5.19 Å². The van der Waals surface area contributed by atoms with Crippen molar-refractivity contribution in [1.82, 2.24) is 0 Å². The number of nitrogens with zero attached hydrogens (tertiary/aromatic N) is 2. The van der Waals surface area contributed by atoms with Gasteiger partial charge in [-0.3, -0.25) is 0 Å².